The molecule has 0 spiro atoms. The van der Waals surface area contributed by atoms with Gasteiger partial charge in [0.25, 0.3) is 0 Å². The summed E-state index contributed by atoms with van der Waals surface area (Å²) in [5.41, 5.74) is 7.65. The highest BCUT2D eigenvalue weighted by Gasteiger charge is 2.18. The molecule has 0 aliphatic carbocycles. The predicted molar refractivity (Wildman–Crippen MR) is 104 cm³/mol. The maximum absolute atomic E-state index is 12.0. The monoisotopic (exact) mass is 366 g/mol. The molecular formula is C21H22N2O4. The highest BCUT2D eigenvalue weighted by Crippen LogP contribution is 2.25. The Hall–Kier alpha value is -3.46. The van der Waals surface area contributed by atoms with E-state index in [1.807, 2.05) is 30.3 Å². The standard InChI is InChI=1S/C21H22N2O4/c1-21(2,3)27-20(26)23-18-12-16(13-19(24)25)15(11-17(18)22)10-9-14-7-5-4-6-8-14/h4-8,11-12H,13,22H2,1-3H3,(H,23,26)(H,24,25). The minimum Gasteiger partial charge on any atom is -0.481 e. The lowest BCUT2D eigenvalue weighted by Gasteiger charge is -2.20. The Bertz CT molecular complexity index is 904. The third-order valence-electron chi connectivity index (χ3n) is 3.37. The van der Waals surface area contributed by atoms with Crippen molar-refractivity contribution in [1.82, 2.24) is 0 Å². The number of amides is 1. The van der Waals surface area contributed by atoms with Crippen molar-refractivity contribution < 1.29 is 19.4 Å². The van der Waals surface area contributed by atoms with E-state index in [4.69, 9.17) is 10.5 Å². The Morgan fingerprint density at radius 1 is 1.15 bits per heavy atom. The second kappa shape index (κ2) is 8.28. The van der Waals surface area contributed by atoms with Crippen LogP contribution in [0.15, 0.2) is 42.5 Å². The Morgan fingerprint density at radius 3 is 2.41 bits per heavy atom. The number of nitrogen functional groups attached to an aromatic ring is 1. The summed E-state index contributed by atoms with van der Waals surface area (Å²) in [6.07, 6.45) is -0.916. The molecule has 0 aliphatic rings. The first-order valence-electron chi connectivity index (χ1n) is 8.35. The first-order valence-corrected chi connectivity index (χ1v) is 8.35. The lowest BCUT2D eigenvalue weighted by atomic mass is 10.0. The molecule has 0 atom stereocenters. The van der Waals surface area contributed by atoms with Crippen LogP contribution in [0.1, 0.15) is 37.5 Å². The summed E-state index contributed by atoms with van der Waals surface area (Å²) in [7, 11) is 0. The largest absolute Gasteiger partial charge is 0.481 e. The second-order valence-corrected chi connectivity index (χ2v) is 6.91. The predicted octanol–water partition coefficient (Wildman–Crippen LogP) is 3.64. The van der Waals surface area contributed by atoms with Crippen LogP contribution in [0, 0.1) is 11.8 Å². The molecular weight excluding hydrogens is 344 g/mol. The summed E-state index contributed by atoms with van der Waals surface area (Å²) in [6.45, 7) is 5.23. The van der Waals surface area contributed by atoms with Crippen molar-refractivity contribution in [2.24, 2.45) is 0 Å². The molecule has 0 saturated heterocycles. The summed E-state index contributed by atoms with van der Waals surface area (Å²) in [5.74, 6) is 4.93. The fraction of sp³-hybridized carbons (Fsp3) is 0.238. The Balaban J connectivity index is 2.36. The van der Waals surface area contributed by atoms with Crippen LogP contribution in [0.25, 0.3) is 0 Å². The minimum atomic E-state index is -1.01. The van der Waals surface area contributed by atoms with Crippen LogP contribution in [0.2, 0.25) is 0 Å². The molecule has 0 aromatic heterocycles. The van der Waals surface area contributed by atoms with E-state index in [0.29, 0.717) is 11.1 Å². The zero-order valence-electron chi connectivity index (χ0n) is 15.5. The van der Waals surface area contributed by atoms with Crippen LogP contribution < -0.4 is 11.1 Å². The number of nitrogens with two attached hydrogens (primary N) is 1. The van der Waals surface area contributed by atoms with Crippen LogP contribution in [0.5, 0.6) is 0 Å². The summed E-state index contributed by atoms with van der Waals surface area (Å²) in [6, 6.07) is 12.4. The third-order valence-corrected chi connectivity index (χ3v) is 3.37. The van der Waals surface area contributed by atoms with Gasteiger partial charge in [-0.3, -0.25) is 10.1 Å². The van der Waals surface area contributed by atoms with Crippen molar-refractivity contribution in [3.8, 4) is 11.8 Å². The van der Waals surface area contributed by atoms with Gasteiger partial charge in [-0.2, -0.15) is 0 Å². The first kappa shape index (κ1) is 19.9. The number of anilines is 2. The molecule has 0 radical (unpaired) electrons. The Labute approximate surface area is 158 Å². The molecule has 4 N–H and O–H groups in total. The molecule has 2 aromatic rings. The molecule has 1 amide bonds. The molecule has 0 saturated carbocycles. The number of carboxylic acid groups (broad SMARTS) is 1. The van der Waals surface area contributed by atoms with Crippen molar-refractivity contribution in [2.75, 3.05) is 11.1 Å². The number of carboxylic acids is 1. The smallest absolute Gasteiger partial charge is 0.412 e. The number of rotatable bonds is 3. The number of benzene rings is 2. The fourth-order valence-electron chi connectivity index (χ4n) is 2.27. The molecule has 6 heteroatoms. The number of nitrogens with one attached hydrogen (secondary N) is 1. The molecule has 140 valence electrons. The van der Waals surface area contributed by atoms with Gasteiger partial charge in [0.2, 0.25) is 0 Å². The average Bonchev–Trinajstić information content (AvgIpc) is 2.55. The lowest BCUT2D eigenvalue weighted by molar-refractivity contribution is -0.136. The fourth-order valence-corrected chi connectivity index (χ4v) is 2.27. The second-order valence-electron chi connectivity index (χ2n) is 6.91. The Kier molecular flexibility index (Phi) is 6.09. The van der Waals surface area contributed by atoms with E-state index in [-0.39, 0.29) is 17.8 Å². The lowest BCUT2D eigenvalue weighted by Crippen LogP contribution is -2.27. The van der Waals surface area contributed by atoms with Gasteiger partial charge >= 0.3 is 12.1 Å². The summed E-state index contributed by atoms with van der Waals surface area (Å²) >= 11 is 0. The maximum atomic E-state index is 12.0. The molecule has 6 nitrogen and oxygen atoms in total. The van der Waals surface area contributed by atoms with Crippen molar-refractivity contribution in [3.05, 3.63) is 59.2 Å². The van der Waals surface area contributed by atoms with Gasteiger partial charge < -0.3 is 15.6 Å². The van der Waals surface area contributed by atoms with Crippen LogP contribution in [-0.2, 0) is 16.0 Å². The van der Waals surface area contributed by atoms with Gasteiger partial charge in [0, 0.05) is 11.1 Å². The van der Waals surface area contributed by atoms with E-state index in [9.17, 15) is 14.7 Å². The van der Waals surface area contributed by atoms with E-state index < -0.39 is 17.7 Å². The van der Waals surface area contributed by atoms with Crippen LogP contribution in [-0.4, -0.2) is 22.8 Å². The summed E-state index contributed by atoms with van der Waals surface area (Å²) in [5, 5.41) is 11.7. The quantitative estimate of drug-likeness (QED) is 0.569. The van der Waals surface area contributed by atoms with Crippen molar-refractivity contribution in [1.29, 1.82) is 0 Å². The molecule has 0 aliphatic heterocycles. The van der Waals surface area contributed by atoms with Crippen LogP contribution in [0.3, 0.4) is 0 Å². The van der Waals surface area contributed by atoms with Crippen molar-refractivity contribution >= 4 is 23.4 Å². The summed E-state index contributed by atoms with van der Waals surface area (Å²) in [4.78, 5) is 23.2. The third kappa shape index (κ3) is 6.40. The number of aliphatic carboxylic acids is 1. The zero-order valence-corrected chi connectivity index (χ0v) is 15.5. The van der Waals surface area contributed by atoms with Crippen molar-refractivity contribution in [2.45, 2.75) is 32.8 Å². The number of hydrogen-bond acceptors (Lipinski definition) is 4. The van der Waals surface area contributed by atoms with E-state index in [2.05, 4.69) is 17.2 Å². The van der Waals surface area contributed by atoms with Crippen LogP contribution >= 0.6 is 0 Å². The van der Waals surface area contributed by atoms with E-state index in [1.165, 1.54) is 6.07 Å². The SMILES string of the molecule is CC(C)(C)OC(=O)Nc1cc(CC(=O)O)c(C#Cc2ccccc2)cc1N. The molecule has 0 heterocycles. The molecule has 0 bridgehead atoms. The molecule has 2 rings (SSSR count). The van der Waals surface area contributed by atoms with Gasteiger partial charge in [0.05, 0.1) is 17.8 Å². The number of carbonyl (C=O) groups is 2. The molecule has 2 aromatic carbocycles. The molecule has 27 heavy (non-hydrogen) atoms. The Morgan fingerprint density at radius 2 is 1.81 bits per heavy atom. The minimum absolute atomic E-state index is 0.248. The van der Waals surface area contributed by atoms with E-state index in [1.54, 1.807) is 26.8 Å². The van der Waals surface area contributed by atoms with E-state index >= 15 is 0 Å². The number of carbonyl (C=O) groups excluding carboxylic acids is 1. The van der Waals surface area contributed by atoms with Gasteiger partial charge in [-0.25, -0.2) is 4.79 Å². The van der Waals surface area contributed by atoms with Gasteiger partial charge in [0.1, 0.15) is 5.60 Å². The number of ether oxygens (including phenoxy) is 1. The highest BCUT2D eigenvalue weighted by atomic mass is 16.6. The first-order chi connectivity index (χ1) is 12.6. The topological polar surface area (TPSA) is 102 Å². The van der Waals surface area contributed by atoms with Gasteiger partial charge in [0.15, 0.2) is 0 Å². The normalized spacial score (nSPS) is 10.5. The highest BCUT2D eigenvalue weighted by molar-refractivity contribution is 5.90. The maximum Gasteiger partial charge on any atom is 0.412 e. The van der Waals surface area contributed by atoms with Gasteiger partial charge in [-0.15, -0.1) is 0 Å². The zero-order chi connectivity index (χ0) is 20.0. The average molecular weight is 366 g/mol. The van der Waals surface area contributed by atoms with Crippen LogP contribution in [0.4, 0.5) is 16.2 Å². The summed E-state index contributed by atoms with van der Waals surface area (Å²) < 4.78 is 5.20. The van der Waals surface area contributed by atoms with Gasteiger partial charge in [-0.05, 0) is 50.6 Å². The van der Waals surface area contributed by atoms with Crippen molar-refractivity contribution in [3.63, 3.8) is 0 Å². The van der Waals surface area contributed by atoms with E-state index in [0.717, 1.165) is 5.56 Å². The van der Waals surface area contributed by atoms with Gasteiger partial charge in [-0.1, -0.05) is 30.0 Å². The number of hydrogen-bond donors (Lipinski definition) is 3. The molecule has 0 fully saturated rings. The molecule has 0 unspecified atom stereocenters.